The maximum absolute atomic E-state index is 5.39. The van der Waals surface area contributed by atoms with Crippen molar-refractivity contribution in [1.29, 1.82) is 0 Å². The molecule has 0 spiro atoms. The van der Waals surface area contributed by atoms with E-state index in [-0.39, 0.29) is 5.54 Å². The molecular formula is C10H17N5OS. The first-order valence-electron chi connectivity index (χ1n) is 5.41. The van der Waals surface area contributed by atoms with E-state index in [1.54, 1.807) is 6.07 Å². The minimum absolute atomic E-state index is 0.0596. The lowest BCUT2D eigenvalue weighted by atomic mass is 10.0. The predicted molar refractivity (Wildman–Crippen MR) is 69.1 cm³/mol. The van der Waals surface area contributed by atoms with E-state index >= 15 is 0 Å². The molecule has 1 aliphatic heterocycles. The summed E-state index contributed by atoms with van der Waals surface area (Å²) < 4.78 is 5.39. The van der Waals surface area contributed by atoms with Crippen LogP contribution >= 0.6 is 11.8 Å². The summed E-state index contributed by atoms with van der Waals surface area (Å²) in [6.07, 6.45) is 2.90. The number of aromatic nitrogens is 2. The van der Waals surface area contributed by atoms with Crippen molar-refractivity contribution in [2.24, 2.45) is 5.84 Å². The number of hydrazine groups is 1. The van der Waals surface area contributed by atoms with Crippen LogP contribution in [0.2, 0.25) is 0 Å². The van der Waals surface area contributed by atoms with E-state index in [9.17, 15) is 0 Å². The van der Waals surface area contributed by atoms with Gasteiger partial charge >= 0.3 is 0 Å². The van der Waals surface area contributed by atoms with Crippen LogP contribution in [0.5, 0.6) is 0 Å². The highest BCUT2D eigenvalue weighted by atomic mass is 32.2. The summed E-state index contributed by atoms with van der Waals surface area (Å²) in [6, 6.07) is 1.79. The standard InChI is InChI=1S/C10H17N5OS/c1-10(3-4-16-6-10)14-7-5-8(15-11)13-9(12-7)17-2/h5H,3-4,6,11H2,1-2H3,(H2,12,13,14,15). The number of nitrogens with one attached hydrogen (secondary N) is 2. The maximum atomic E-state index is 5.39. The Hall–Kier alpha value is -1.05. The molecule has 0 bridgehead atoms. The Morgan fingerprint density at radius 2 is 2.24 bits per heavy atom. The number of nitrogens with two attached hydrogens (primary N) is 1. The fourth-order valence-electron chi connectivity index (χ4n) is 1.73. The van der Waals surface area contributed by atoms with Gasteiger partial charge in [-0.15, -0.1) is 0 Å². The molecule has 6 nitrogen and oxygen atoms in total. The Labute approximate surface area is 105 Å². The van der Waals surface area contributed by atoms with Gasteiger partial charge in [-0.2, -0.15) is 0 Å². The normalized spacial score (nSPS) is 23.7. The molecule has 0 saturated carbocycles. The van der Waals surface area contributed by atoms with Crippen LogP contribution in [0, 0.1) is 0 Å². The molecule has 0 aliphatic carbocycles. The second-order valence-corrected chi connectivity index (χ2v) is 5.03. The third-order valence-electron chi connectivity index (χ3n) is 2.68. The second kappa shape index (κ2) is 5.07. The number of ether oxygens (including phenoxy) is 1. The van der Waals surface area contributed by atoms with Crippen molar-refractivity contribution < 1.29 is 4.74 Å². The van der Waals surface area contributed by atoms with Gasteiger partial charge in [0.05, 0.1) is 12.1 Å². The summed E-state index contributed by atoms with van der Waals surface area (Å²) in [6.45, 7) is 3.60. The largest absolute Gasteiger partial charge is 0.379 e. The fourth-order valence-corrected chi connectivity index (χ4v) is 2.11. The van der Waals surface area contributed by atoms with E-state index in [0.29, 0.717) is 17.6 Å². The highest BCUT2D eigenvalue weighted by Crippen LogP contribution is 2.25. The lowest BCUT2D eigenvalue weighted by molar-refractivity contribution is 0.185. The van der Waals surface area contributed by atoms with Crippen molar-refractivity contribution in [3.63, 3.8) is 0 Å². The van der Waals surface area contributed by atoms with E-state index in [4.69, 9.17) is 10.6 Å². The minimum Gasteiger partial charge on any atom is -0.379 e. The lowest BCUT2D eigenvalue weighted by Gasteiger charge is -2.24. The van der Waals surface area contributed by atoms with Crippen molar-refractivity contribution in [1.82, 2.24) is 9.97 Å². The van der Waals surface area contributed by atoms with Gasteiger partial charge in [-0.1, -0.05) is 11.8 Å². The van der Waals surface area contributed by atoms with Crippen molar-refractivity contribution in [2.45, 2.75) is 24.0 Å². The van der Waals surface area contributed by atoms with Crippen molar-refractivity contribution in [3.05, 3.63) is 6.07 Å². The molecule has 17 heavy (non-hydrogen) atoms. The van der Waals surface area contributed by atoms with E-state index in [1.165, 1.54) is 11.8 Å². The number of nitrogen functional groups attached to an aromatic ring is 1. The van der Waals surface area contributed by atoms with Gasteiger partial charge < -0.3 is 15.5 Å². The molecule has 4 N–H and O–H groups in total. The average molecular weight is 255 g/mol. The third-order valence-corrected chi connectivity index (χ3v) is 3.23. The average Bonchev–Trinajstić information content (AvgIpc) is 2.75. The molecule has 7 heteroatoms. The van der Waals surface area contributed by atoms with E-state index in [2.05, 4.69) is 27.6 Å². The summed E-state index contributed by atoms with van der Waals surface area (Å²) in [5.74, 6) is 6.76. The zero-order valence-corrected chi connectivity index (χ0v) is 10.8. The van der Waals surface area contributed by atoms with Crippen LogP contribution in [0.1, 0.15) is 13.3 Å². The number of rotatable bonds is 4. The maximum Gasteiger partial charge on any atom is 0.191 e. The van der Waals surface area contributed by atoms with Crippen molar-refractivity contribution in [2.75, 3.05) is 30.2 Å². The number of thioether (sulfide) groups is 1. The van der Waals surface area contributed by atoms with Crippen LogP contribution in [-0.4, -0.2) is 35.0 Å². The summed E-state index contributed by atoms with van der Waals surface area (Å²) in [5.41, 5.74) is 2.48. The van der Waals surface area contributed by atoms with E-state index in [1.807, 2.05) is 6.26 Å². The van der Waals surface area contributed by atoms with Gasteiger partial charge in [-0.3, -0.25) is 0 Å². The molecule has 0 aromatic carbocycles. The molecule has 1 fully saturated rings. The van der Waals surface area contributed by atoms with Gasteiger partial charge in [0.1, 0.15) is 11.6 Å². The summed E-state index contributed by atoms with van der Waals surface area (Å²) in [7, 11) is 0. The Morgan fingerprint density at radius 1 is 1.47 bits per heavy atom. The van der Waals surface area contributed by atoms with Crippen LogP contribution in [0.3, 0.4) is 0 Å². The van der Waals surface area contributed by atoms with Gasteiger partial charge in [-0.25, -0.2) is 15.8 Å². The molecule has 1 aromatic rings. The minimum atomic E-state index is -0.0596. The molecule has 1 aliphatic rings. The molecule has 94 valence electrons. The van der Waals surface area contributed by atoms with E-state index in [0.717, 1.165) is 18.8 Å². The Balaban J connectivity index is 2.19. The van der Waals surface area contributed by atoms with Gasteiger partial charge in [0, 0.05) is 12.7 Å². The van der Waals surface area contributed by atoms with Gasteiger partial charge in [0.15, 0.2) is 5.16 Å². The van der Waals surface area contributed by atoms with Crippen molar-refractivity contribution in [3.8, 4) is 0 Å². The molecule has 1 aromatic heterocycles. The van der Waals surface area contributed by atoms with Crippen LogP contribution in [0.25, 0.3) is 0 Å². The first-order valence-corrected chi connectivity index (χ1v) is 6.63. The summed E-state index contributed by atoms with van der Waals surface area (Å²) in [5, 5.41) is 4.07. The predicted octanol–water partition coefficient (Wildman–Crippen LogP) is 1.07. The van der Waals surface area contributed by atoms with Gasteiger partial charge in [0.25, 0.3) is 0 Å². The molecule has 1 unspecified atom stereocenters. The summed E-state index contributed by atoms with van der Waals surface area (Å²) in [4.78, 5) is 8.61. The zero-order chi connectivity index (χ0) is 12.3. The topological polar surface area (TPSA) is 85.1 Å². The monoisotopic (exact) mass is 255 g/mol. The quantitative estimate of drug-likeness (QED) is 0.321. The Morgan fingerprint density at radius 3 is 2.82 bits per heavy atom. The van der Waals surface area contributed by atoms with Gasteiger partial charge in [-0.05, 0) is 19.6 Å². The third kappa shape index (κ3) is 2.99. The van der Waals surface area contributed by atoms with Crippen LogP contribution in [0.15, 0.2) is 11.2 Å². The van der Waals surface area contributed by atoms with Crippen LogP contribution < -0.4 is 16.6 Å². The van der Waals surface area contributed by atoms with Crippen LogP contribution in [-0.2, 0) is 4.74 Å². The molecule has 2 heterocycles. The molecule has 2 rings (SSSR count). The first kappa shape index (κ1) is 12.4. The SMILES string of the molecule is CSc1nc(NN)cc(NC2(C)CCOC2)n1. The molecular weight excluding hydrogens is 238 g/mol. The smallest absolute Gasteiger partial charge is 0.191 e. The van der Waals surface area contributed by atoms with Crippen LogP contribution in [0.4, 0.5) is 11.6 Å². The number of anilines is 2. The van der Waals surface area contributed by atoms with Gasteiger partial charge in [0.2, 0.25) is 0 Å². The number of hydrogen-bond donors (Lipinski definition) is 3. The highest BCUT2D eigenvalue weighted by molar-refractivity contribution is 7.98. The fraction of sp³-hybridized carbons (Fsp3) is 0.600. The summed E-state index contributed by atoms with van der Waals surface area (Å²) >= 11 is 1.48. The zero-order valence-electron chi connectivity index (χ0n) is 9.99. The highest BCUT2D eigenvalue weighted by Gasteiger charge is 2.29. The Kier molecular flexibility index (Phi) is 3.70. The first-order chi connectivity index (χ1) is 8.15. The van der Waals surface area contributed by atoms with Crippen molar-refractivity contribution >= 4 is 23.4 Å². The molecule has 1 atom stereocenters. The molecule has 0 amide bonds. The lowest BCUT2D eigenvalue weighted by Crippen LogP contribution is -2.35. The molecule has 1 saturated heterocycles. The number of nitrogens with zero attached hydrogens (tertiary/aromatic N) is 2. The van der Waals surface area contributed by atoms with E-state index < -0.39 is 0 Å². The molecule has 0 radical (unpaired) electrons. The Bertz CT molecular complexity index is 372. The number of hydrogen-bond acceptors (Lipinski definition) is 7. The second-order valence-electron chi connectivity index (χ2n) is 4.26.